The number of hydrogen-bond donors (Lipinski definition) is 1. The molecule has 2 atom stereocenters. The number of ether oxygens (including phenoxy) is 1. The quantitative estimate of drug-likeness (QED) is 0.586. The summed E-state index contributed by atoms with van der Waals surface area (Å²) in [5, 5.41) is 0. The van der Waals surface area contributed by atoms with E-state index in [1.165, 1.54) is 0 Å². The average Bonchev–Trinajstić information content (AvgIpc) is 2.43. The Morgan fingerprint density at radius 1 is 1.35 bits per heavy atom. The van der Waals surface area contributed by atoms with E-state index in [0.29, 0.717) is 5.56 Å². The molecule has 0 heterocycles. The van der Waals surface area contributed by atoms with Crippen LogP contribution in [0.25, 0.3) is 0 Å². The van der Waals surface area contributed by atoms with Gasteiger partial charge in [0, 0.05) is 11.4 Å². The van der Waals surface area contributed by atoms with Crippen molar-refractivity contribution in [3.05, 3.63) is 35.9 Å². The second-order valence-corrected chi connectivity index (χ2v) is 6.12. The normalized spacial score (nSPS) is 15.3. The number of benzene rings is 1. The molecule has 0 fully saturated rings. The van der Waals surface area contributed by atoms with Crippen LogP contribution < -0.4 is 5.73 Å². The van der Waals surface area contributed by atoms with Gasteiger partial charge in [-0.2, -0.15) is 0 Å². The van der Waals surface area contributed by atoms with Crippen molar-refractivity contribution in [1.82, 2.24) is 0 Å². The van der Waals surface area contributed by atoms with E-state index < -0.39 is 19.5 Å². The summed E-state index contributed by atoms with van der Waals surface area (Å²) < 4.78 is 28.1. The summed E-state index contributed by atoms with van der Waals surface area (Å²) in [6.07, 6.45) is -1.06. The van der Waals surface area contributed by atoms with E-state index in [0.717, 1.165) is 0 Å². The second kappa shape index (κ2) is 8.27. The summed E-state index contributed by atoms with van der Waals surface area (Å²) in [4.78, 5) is 11.0. The predicted molar refractivity (Wildman–Crippen MR) is 75.8 cm³/mol. The first kappa shape index (κ1) is 17.0. The molecule has 0 aromatic heterocycles. The Morgan fingerprint density at radius 3 is 2.50 bits per heavy atom. The lowest BCUT2D eigenvalue weighted by molar-refractivity contribution is 0.109. The van der Waals surface area contributed by atoms with Gasteiger partial charge in [0.05, 0.1) is 13.2 Å². The highest BCUT2D eigenvalue weighted by Gasteiger charge is 2.40. The van der Waals surface area contributed by atoms with Crippen molar-refractivity contribution in [2.75, 3.05) is 19.1 Å². The van der Waals surface area contributed by atoms with Crippen molar-refractivity contribution < 1.29 is 23.1 Å². The molecule has 0 saturated heterocycles. The Balaban J connectivity index is 3.11. The average molecular weight is 322 g/mol. The first-order valence-corrected chi connectivity index (χ1v) is 8.14. The highest BCUT2D eigenvalue weighted by atomic mass is 35.5. The molecule has 0 aliphatic rings. The van der Waals surface area contributed by atoms with E-state index in [-0.39, 0.29) is 19.1 Å². The number of primary amides is 1. The van der Waals surface area contributed by atoms with Crippen molar-refractivity contribution in [3.8, 4) is 0 Å². The van der Waals surface area contributed by atoms with Crippen LogP contribution in [0.15, 0.2) is 30.3 Å². The molecule has 0 bridgehead atoms. The summed E-state index contributed by atoms with van der Waals surface area (Å²) in [5.74, 6) is -1.08. The number of rotatable bonds is 8. The van der Waals surface area contributed by atoms with Crippen LogP contribution in [0.1, 0.15) is 18.3 Å². The highest BCUT2D eigenvalue weighted by Crippen LogP contribution is 2.61. The Labute approximate surface area is 122 Å². The lowest BCUT2D eigenvalue weighted by atomic mass is 10.2. The summed E-state index contributed by atoms with van der Waals surface area (Å²) >= 11 is 5.53. The fourth-order valence-electron chi connectivity index (χ4n) is 1.56. The van der Waals surface area contributed by atoms with Crippen LogP contribution in [-0.2, 0) is 18.3 Å². The van der Waals surface area contributed by atoms with Crippen LogP contribution in [0.3, 0.4) is 0 Å². The van der Waals surface area contributed by atoms with Gasteiger partial charge in [-0.1, -0.05) is 30.3 Å². The molecule has 0 aliphatic carbocycles. The van der Waals surface area contributed by atoms with Gasteiger partial charge in [-0.05, 0) is 6.92 Å². The van der Waals surface area contributed by atoms with Crippen LogP contribution in [0.2, 0.25) is 0 Å². The van der Waals surface area contributed by atoms with Crippen molar-refractivity contribution in [3.63, 3.8) is 0 Å². The summed E-state index contributed by atoms with van der Waals surface area (Å²) in [5.41, 5.74) is 5.50. The zero-order chi connectivity index (χ0) is 15.0. The SMILES string of the molecule is CCOP(=O)(OCCCl)C(OC(N)=O)c1ccccc1. The number of amides is 1. The van der Waals surface area contributed by atoms with Crippen molar-refractivity contribution in [2.24, 2.45) is 5.73 Å². The van der Waals surface area contributed by atoms with Crippen LogP contribution >= 0.6 is 19.2 Å². The largest absolute Gasteiger partial charge is 0.428 e. The fraction of sp³-hybridized carbons (Fsp3) is 0.417. The third-order valence-electron chi connectivity index (χ3n) is 2.26. The van der Waals surface area contributed by atoms with Crippen LogP contribution in [0, 0.1) is 0 Å². The van der Waals surface area contributed by atoms with Crippen molar-refractivity contribution >= 4 is 25.3 Å². The number of halogens is 1. The zero-order valence-corrected chi connectivity index (χ0v) is 12.7. The van der Waals surface area contributed by atoms with Gasteiger partial charge in [0.25, 0.3) is 0 Å². The number of alkyl halides is 1. The maximum atomic E-state index is 12.8. The van der Waals surface area contributed by atoms with E-state index >= 15 is 0 Å². The minimum Gasteiger partial charge on any atom is -0.428 e. The Bertz CT molecular complexity index is 470. The van der Waals surface area contributed by atoms with Gasteiger partial charge in [0.15, 0.2) is 0 Å². The van der Waals surface area contributed by atoms with E-state index in [4.69, 9.17) is 31.1 Å². The molecule has 0 saturated carbocycles. The highest BCUT2D eigenvalue weighted by molar-refractivity contribution is 7.54. The Hall–Kier alpha value is -1.07. The minimum atomic E-state index is -3.73. The molecule has 20 heavy (non-hydrogen) atoms. The number of carbonyl (C=O) groups excluding carboxylic acids is 1. The molecule has 0 aliphatic heterocycles. The monoisotopic (exact) mass is 321 g/mol. The topological polar surface area (TPSA) is 87.8 Å². The minimum absolute atomic E-state index is 0.00425. The first-order valence-electron chi connectivity index (χ1n) is 5.99. The zero-order valence-electron chi connectivity index (χ0n) is 11.0. The van der Waals surface area contributed by atoms with Crippen molar-refractivity contribution in [2.45, 2.75) is 12.8 Å². The lowest BCUT2D eigenvalue weighted by Gasteiger charge is -2.25. The van der Waals surface area contributed by atoms with Gasteiger partial charge in [-0.15, -0.1) is 11.6 Å². The lowest BCUT2D eigenvalue weighted by Crippen LogP contribution is -2.19. The molecule has 1 aromatic rings. The molecular formula is C12H17ClNO5P. The molecule has 0 radical (unpaired) electrons. The molecule has 1 amide bonds. The second-order valence-electron chi connectivity index (χ2n) is 3.68. The van der Waals surface area contributed by atoms with Crippen LogP contribution in [-0.4, -0.2) is 25.2 Å². The summed E-state index contributed by atoms with van der Waals surface area (Å²) in [6.45, 7) is 1.79. The maximum Gasteiger partial charge on any atom is 0.405 e. The molecule has 2 N–H and O–H groups in total. The Morgan fingerprint density at radius 2 is 2.00 bits per heavy atom. The maximum absolute atomic E-state index is 12.8. The van der Waals surface area contributed by atoms with Gasteiger partial charge >= 0.3 is 13.7 Å². The van der Waals surface area contributed by atoms with E-state index in [2.05, 4.69) is 0 Å². The molecule has 2 unspecified atom stereocenters. The van der Waals surface area contributed by atoms with Crippen LogP contribution in [0.5, 0.6) is 0 Å². The van der Waals surface area contributed by atoms with Crippen LogP contribution in [0.4, 0.5) is 4.79 Å². The molecule has 1 rings (SSSR count). The van der Waals surface area contributed by atoms with Gasteiger partial charge in [0.2, 0.25) is 5.85 Å². The Kier molecular flexibility index (Phi) is 7.02. The van der Waals surface area contributed by atoms with E-state index in [9.17, 15) is 9.36 Å². The molecule has 0 spiro atoms. The van der Waals surface area contributed by atoms with Gasteiger partial charge in [-0.3, -0.25) is 4.57 Å². The molecule has 8 heteroatoms. The number of hydrogen-bond acceptors (Lipinski definition) is 5. The summed E-state index contributed by atoms with van der Waals surface area (Å²) in [6, 6.07) is 8.48. The smallest absolute Gasteiger partial charge is 0.405 e. The predicted octanol–water partition coefficient (Wildman–Crippen LogP) is 3.27. The fourth-order valence-corrected chi connectivity index (χ4v) is 3.56. The first-order chi connectivity index (χ1) is 9.53. The molecular weight excluding hydrogens is 305 g/mol. The third kappa shape index (κ3) is 4.80. The molecule has 6 nitrogen and oxygen atoms in total. The van der Waals surface area contributed by atoms with Gasteiger partial charge in [0.1, 0.15) is 0 Å². The third-order valence-corrected chi connectivity index (χ3v) is 4.55. The van der Waals surface area contributed by atoms with Gasteiger partial charge < -0.3 is 19.5 Å². The standard InChI is InChI=1S/C12H17ClNO5P/c1-2-17-20(16,18-9-8-13)11(19-12(14)15)10-6-4-3-5-7-10/h3-7,11H,2,8-9H2,1H3,(H2,14,15). The molecule has 112 valence electrons. The van der Waals surface area contributed by atoms with Crippen molar-refractivity contribution in [1.29, 1.82) is 0 Å². The van der Waals surface area contributed by atoms with E-state index in [1.807, 2.05) is 0 Å². The van der Waals surface area contributed by atoms with E-state index in [1.54, 1.807) is 37.3 Å². The summed E-state index contributed by atoms with van der Waals surface area (Å²) in [7, 11) is -3.73. The molecule has 1 aromatic carbocycles. The van der Waals surface area contributed by atoms with Gasteiger partial charge in [-0.25, -0.2) is 4.79 Å². The number of carbonyl (C=O) groups is 1. The number of nitrogens with two attached hydrogens (primary N) is 1.